The number of rotatable bonds is 10. The maximum Gasteiger partial charge on any atom is 0.161 e. The van der Waals surface area contributed by atoms with Crippen molar-refractivity contribution in [1.82, 2.24) is 9.55 Å². The number of aromatic nitrogens is 2. The Bertz CT molecular complexity index is 826. The normalized spacial score (nSPS) is 11.0. The Balaban J connectivity index is 1.75. The number of hydrogen-bond donors (Lipinski definition) is 0. The zero-order valence-corrected chi connectivity index (χ0v) is 15.8. The van der Waals surface area contributed by atoms with E-state index in [4.69, 9.17) is 14.5 Å². The quantitative estimate of drug-likeness (QED) is 0.446. The highest BCUT2D eigenvalue weighted by Crippen LogP contribution is 2.27. The van der Waals surface area contributed by atoms with Gasteiger partial charge in [-0.2, -0.15) is 0 Å². The van der Waals surface area contributed by atoms with E-state index < -0.39 is 0 Å². The van der Waals surface area contributed by atoms with Crippen LogP contribution in [0.4, 0.5) is 0 Å². The summed E-state index contributed by atoms with van der Waals surface area (Å²) < 4.78 is 13.7. The Morgan fingerprint density at radius 3 is 2.42 bits per heavy atom. The highest BCUT2D eigenvalue weighted by molar-refractivity contribution is 5.75. The zero-order chi connectivity index (χ0) is 18.2. The lowest BCUT2D eigenvalue weighted by atomic mass is 10.1. The summed E-state index contributed by atoms with van der Waals surface area (Å²) in [5.74, 6) is 2.46. The van der Waals surface area contributed by atoms with Crippen molar-refractivity contribution in [2.75, 3.05) is 7.11 Å². The van der Waals surface area contributed by atoms with Crippen LogP contribution in [0.25, 0.3) is 11.0 Å². The molecule has 2 aromatic carbocycles. The van der Waals surface area contributed by atoms with Crippen LogP contribution in [0.15, 0.2) is 48.5 Å². The highest BCUT2D eigenvalue weighted by Gasteiger charge is 2.12. The first-order valence-electron chi connectivity index (χ1n) is 9.53. The number of imidazole rings is 1. The Morgan fingerprint density at radius 1 is 0.885 bits per heavy atom. The van der Waals surface area contributed by atoms with E-state index >= 15 is 0 Å². The molecule has 1 heterocycles. The molecule has 3 aromatic rings. The molecule has 0 N–H and O–H groups in total. The predicted molar refractivity (Wildman–Crippen MR) is 106 cm³/mol. The van der Waals surface area contributed by atoms with Crippen molar-refractivity contribution in [2.24, 2.45) is 0 Å². The molecule has 0 bridgehead atoms. The molecule has 0 unspecified atom stereocenters. The molecule has 26 heavy (non-hydrogen) atoms. The number of unbranched alkanes of at least 4 members (excludes halogenated alkanes) is 4. The summed E-state index contributed by atoms with van der Waals surface area (Å²) in [6.45, 7) is 3.66. The van der Waals surface area contributed by atoms with Gasteiger partial charge in [0.25, 0.3) is 0 Å². The van der Waals surface area contributed by atoms with Gasteiger partial charge in [0.1, 0.15) is 12.4 Å². The SMILES string of the molecule is CCCCCCCn1c(COc2ccccc2OC)nc2ccccc21. The monoisotopic (exact) mass is 352 g/mol. The Morgan fingerprint density at radius 2 is 1.62 bits per heavy atom. The smallest absolute Gasteiger partial charge is 0.161 e. The summed E-state index contributed by atoms with van der Waals surface area (Å²) in [5, 5.41) is 0. The third kappa shape index (κ3) is 4.37. The highest BCUT2D eigenvalue weighted by atomic mass is 16.5. The number of benzene rings is 2. The number of nitrogens with zero attached hydrogens (tertiary/aromatic N) is 2. The molecular weight excluding hydrogens is 324 g/mol. The second-order valence-corrected chi connectivity index (χ2v) is 6.52. The van der Waals surface area contributed by atoms with Crippen molar-refractivity contribution in [3.63, 3.8) is 0 Å². The maximum atomic E-state index is 6.02. The summed E-state index contributed by atoms with van der Waals surface area (Å²) >= 11 is 0. The van der Waals surface area contributed by atoms with Crippen LogP contribution in [-0.4, -0.2) is 16.7 Å². The van der Waals surface area contributed by atoms with Crippen LogP contribution in [-0.2, 0) is 13.2 Å². The topological polar surface area (TPSA) is 36.3 Å². The second kappa shape index (κ2) is 9.27. The summed E-state index contributed by atoms with van der Waals surface area (Å²) in [6.07, 6.45) is 6.31. The first-order valence-corrected chi connectivity index (χ1v) is 9.53. The van der Waals surface area contributed by atoms with Crippen molar-refractivity contribution >= 4 is 11.0 Å². The number of hydrogen-bond acceptors (Lipinski definition) is 3. The van der Waals surface area contributed by atoms with Crippen LogP contribution >= 0.6 is 0 Å². The van der Waals surface area contributed by atoms with Gasteiger partial charge in [0, 0.05) is 6.54 Å². The van der Waals surface area contributed by atoms with Gasteiger partial charge < -0.3 is 14.0 Å². The van der Waals surface area contributed by atoms with Gasteiger partial charge in [-0.15, -0.1) is 0 Å². The Kier molecular flexibility index (Phi) is 6.53. The fourth-order valence-electron chi connectivity index (χ4n) is 3.24. The third-order valence-electron chi connectivity index (χ3n) is 4.64. The van der Waals surface area contributed by atoms with E-state index in [2.05, 4.69) is 29.7 Å². The van der Waals surface area contributed by atoms with Crippen molar-refractivity contribution in [3.05, 3.63) is 54.4 Å². The standard InChI is InChI=1S/C22H28N2O2/c1-3-4-5-6-11-16-24-19-13-8-7-12-18(19)23-22(24)17-26-21-15-10-9-14-20(21)25-2/h7-10,12-15H,3-6,11,16-17H2,1-2H3. The average molecular weight is 352 g/mol. The zero-order valence-electron chi connectivity index (χ0n) is 15.8. The molecule has 1 aromatic heterocycles. The molecule has 138 valence electrons. The number of aryl methyl sites for hydroxylation is 1. The maximum absolute atomic E-state index is 6.02. The van der Waals surface area contributed by atoms with E-state index in [9.17, 15) is 0 Å². The van der Waals surface area contributed by atoms with Crippen LogP contribution in [0.1, 0.15) is 44.9 Å². The minimum Gasteiger partial charge on any atom is -0.493 e. The van der Waals surface area contributed by atoms with E-state index in [0.29, 0.717) is 6.61 Å². The molecule has 0 saturated carbocycles. The van der Waals surface area contributed by atoms with E-state index in [-0.39, 0.29) is 0 Å². The van der Waals surface area contributed by atoms with Crippen LogP contribution < -0.4 is 9.47 Å². The van der Waals surface area contributed by atoms with Gasteiger partial charge >= 0.3 is 0 Å². The van der Waals surface area contributed by atoms with Gasteiger partial charge in [-0.1, -0.05) is 56.9 Å². The number of methoxy groups -OCH3 is 1. The number of para-hydroxylation sites is 4. The molecule has 0 aliphatic carbocycles. The van der Waals surface area contributed by atoms with E-state index in [1.807, 2.05) is 30.3 Å². The fraction of sp³-hybridized carbons (Fsp3) is 0.409. The molecule has 0 aliphatic rings. The van der Waals surface area contributed by atoms with E-state index in [0.717, 1.165) is 29.4 Å². The molecule has 0 amide bonds. The molecular formula is C22H28N2O2. The number of ether oxygens (including phenoxy) is 2. The van der Waals surface area contributed by atoms with Crippen LogP contribution in [0, 0.1) is 0 Å². The molecule has 0 fully saturated rings. The molecule has 0 spiro atoms. The molecule has 3 rings (SSSR count). The van der Waals surface area contributed by atoms with Crippen LogP contribution in [0.2, 0.25) is 0 Å². The molecule has 4 heteroatoms. The largest absolute Gasteiger partial charge is 0.493 e. The third-order valence-corrected chi connectivity index (χ3v) is 4.64. The summed E-state index contributed by atoms with van der Waals surface area (Å²) in [6, 6.07) is 16.0. The van der Waals surface area contributed by atoms with Crippen molar-refractivity contribution in [2.45, 2.75) is 52.2 Å². The van der Waals surface area contributed by atoms with Crippen LogP contribution in [0.5, 0.6) is 11.5 Å². The molecule has 0 saturated heterocycles. The van der Waals surface area contributed by atoms with Gasteiger partial charge in [-0.25, -0.2) is 4.98 Å². The van der Waals surface area contributed by atoms with Crippen molar-refractivity contribution in [3.8, 4) is 11.5 Å². The van der Waals surface area contributed by atoms with Crippen molar-refractivity contribution in [1.29, 1.82) is 0 Å². The number of fused-ring (bicyclic) bond motifs is 1. The lowest BCUT2D eigenvalue weighted by molar-refractivity contribution is 0.271. The lowest BCUT2D eigenvalue weighted by Gasteiger charge is -2.12. The molecule has 0 radical (unpaired) electrons. The van der Waals surface area contributed by atoms with E-state index in [1.54, 1.807) is 7.11 Å². The molecule has 0 aliphatic heterocycles. The van der Waals surface area contributed by atoms with Gasteiger partial charge in [0.05, 0.1) is 18.1 Å². The minimum atomic E-state index is 0.435. The Labute approximate surface area is 155 Å². The summed E-state index contributed by atoms with van der Waals surface area (Å²) in [4.78, 5) is 4.80. The van der Waals surface area contributed by atoms with Gasteiger partial charge in [-0.05, 0) is 30.7 Å². The Hall–Kier alpha value is -2.49. The van der Waals surface area contributed by atoms with Crippen molar-refractivity contribution < 1.29 is 9.47 Å². The predicted octanol–water partition coefficient (Wildman–Crippen LogP) is 5.59. The second-order valence-electron chi connectivity index (χ2n) is 6.52. The molecule has 4 nitrogen and oxygen atoms in total. The first-order chi connectivity index (χ1) is 12.8. The van der Waals surface area contributed by atoms with E-state index in [1.165, 1.54) is 37.6 Å². The van der Waals surface area contributed by atoms with Gasteiger partial charge in [-0.3, -0.25) is 0 Å². The van der Waals surface area contributed by atoms with Gasteiger partial charge in [0.15, 0.2) is 11.5 Å². The van der Waals surface area contributed by atoms with Gasteiger partial charge in [0.2, 0.25) is 0 Å². The van der Waals surface area contributed by atoms with Crippen LogP contribution in [0.3, 0.4) is 0 Å². The fourth-order valence-corrected chi connectivity index (χ4v) is 3.24. The summed E-state index contributed by atoms with van der Waals surface area (Å²) in [5.41, 5.74) is 2.21. The lowest BCUT2D eigenvalue weighted by Crippen LogP contribution is -2.08. The average Bonchev–Trinajstić information content (AvgIpc) is 3.04. The minimum absolute atomic E-state index is 0.435. The molecule has 0 atom stereocenters. The summed E-state index contributed by atoms with van der Waals surface area (Å²) in [7, 11) is 1.66. The first kappa shape index (κ1) is 18.3.